The average molecular weight is 329 g/mol. The quantitative estimate of drug-likeness (QED) is 0.905. The molecule has 0 aliphatic carbocycles. The number of anilines is 2. The molecule has 8 heteroatoms. The highest BCUT2D eigenvalue weighted by atomic mass is 16.2. The molecule has 2 aromatic heterocycles. The molecule has 24 heavy (non-hydrogen) atoms. The third kappa shape index (κ3) is 3.47. The zero-order valence-electron chi connectivity index (χ0n) is 14.4. The fourth-order valence-corrected chi connectivity index (χ4v) is 2.87. The van der Waals surface area contributed by atoms with Gasteiger partial charge in [-0.2, -0.15) is 4.98 Å². The van der Waals surface area contributed by atoms with Crippen molar-refractivity contribution < 1.29 is 4.79 Å². The predicted octanol–water partition coefficient (Wildman–Crippen LogP) is 1.57. The highest BCUT2D eigenvalue weighted by molar-refractivity contribution is 5.87. The van der Waals surface area contributed by atoms with Gasteiger partial charge in [-0.1, -0.05) is 0 Å². The average Bonchev–Trinajstić information content (AvgIpc) is 2.77. The van der Waals surface area contributed by atoms with Crippen LogP contribution >= 0.6 is 0 Å². The van der Waals surface area contributed by atoms with E-state index in [1.165, 1.54) is 5.69 Å². The maximum Gasteiger partial charge on any atom is 0.324 e. The third-order valence-corrected chi connectivity index (χ3v) is 4.31. The minimum Gasteiger partial charge on any atom is -0.369 e. The van der Waals surface area contributed by atoms with Crippen LogP contribution in [0.4, 0.5) is 16.4 Å². The number of carbonyl (C=O) groups is 1. The molecule has 0 aromatic carbocycles. The Balaban J connectivity index is 1.62. The van der Waals surface area contributed by atoms with Gasteiger partial charge < -0.3 is 9.80 Å². The third-order valence-electron chi connectivity index (χ3n) is 4.31. The number of amides is 2. The molecule has 8 nitrogen and oxygen atoms in total. The van der Waals surface area contributed by atoms with E-state index >= 15 is 0 Å². The summed E-state index contributed by atoms with van der Waals surface area (Å²) < 4.78 is 1.64. The van der Waals surface area contributed by atoms with Gasteiger partial charge in [0.25, 0.3) is 0 Å². The van der Waals surface area contributed by atoms with Gasteiger partial charge in [-0.15, -0.1) is 5.10 Å². The molecule has 0 unspecified atom stereocenters. The zero-order chi connectivity index (χ0) is 17.1. The number of carbonyl (C=O) groups excluding carboxylic acids is 1. The molecule has 0 atom stereocenters. The first kappa shape index (κ1) is 16.2. The summed E-state index contributed by atoms with van der Waals surface area (Å²) in [6.07, 6.45) is 4.61. The molecular weight excluding hydrogens is 306 g/mol. The van der Waals surface area contributed by atoms with Gasteiger partial charge in [0.05, 0.1) is 0 Å². The number of aryl methyl sites for hydroxylation is 3. The Hall–Kier alpha value is -2.64. The minimum atomic E-state index is -0.145. The van der Waals surface area contributed by atoms with Crippen molar-refractivity contribution in [2.45, 2.75) is 20.3 Å². The summed E-state index contributed by atoms with van der Waals surface area (Å²) in [6.45, 7) is 7.02. The molecule has 3 rings (SSSR count). The zero-order valence-corrected chi connectivity index (χ0v) is 14.4. The Morgan fingerprint density at radius 2 is 2.04 bits per heavy atom. The maximum absolute atomic E-state index is 12.4. The van der Waals surface area contributed by atoms with Gasteiger partial charge in [0.1, 0.15) is 5.82 Å². The Kier molecular flexibility index (Phi) is 4.64. The smallest absolute Gasteiger partial charge is 0.324 e. The molecule has 2 amide bonds. The van der Waals surface area contributed by atoms with Crippen molar-refractivity contribution in [2.75, 3.05) is 36.4 Å². The van der Waals surface area contributed by atoms with Crippen molar-refractivity contribution in [1.29, 1.82) is 0 Å². The van der Waals surface area contributed by atoms with E-state index in [1.54, 1.807) is 11.7 Å². The summed E-state index contributed by atoms with van der Waals surface area (Å²) in [7, 11) is 1.80. The van der Waals surface area contributed by atoms with E-state index in [9.17, 15) is 4.79 Å². The fourth-order valence-electron chi connectivity index (χ4n) is 2.87. The van der Waals surface area contributed by atoms with Crippen LogP contribution in [-0.4, -0.2) is 56.9 Å². The highest BCUT2D eigenvalue weighted by Crippen LogP contribution is 2.20. The molecule has 0 spiro atoms. The fraction of sp³-hybridized carbons (Fsp3) is 0.500. The van der Waals surface area contributed by atoms with Crippen LogP contribution in [-0.2, 0) is 7.05 Å². The van der Waals surface area contributed by atoms with E-state index in [1.807, 2.05) is 30.3 Å². The highest BCUT2D eigenvalue weighted by Gasteiger charge is 2.21. The van der Waals surface area contributed by atoms with E-state index in [2.05, 4.69) is 32.2 Å². The largest absolute Gasteiger partial charge is 0.369 e. The molecular formula is C16H23N7O. The molecule has 0 bridgehead atoms. The lowest BCUT2D eigenvalue weighted by Gasteiger charge is -2.24. The summed E-state index contributed by atoms with van der Waals surface area (Å²) in [5.74, 6) is 1.12. The lowest BCUT2D eigenvalue weighted by molar-refractivity contribution is 0.215. The van der Waals surface area contributed by atoms with Crippen LogP contribution in [0, 0.1) is 13.8 Å². The molecule has 0 saturated carbocycles. The van der Waals surface area contributed by atoms with Gasteiger partial charge in [0, 0.05) is 51.3 Å². The monoisotopic (exact) mass is 329 g/mol. The van der Waals surface area contributed by atoms with Crippen molar-refractivity contribution in [3.63, 3.8) is 0 Å². The summed E-state index contributed by atoms with van der Waals surface area (Å²) in [4.78, 5) is 24.9. The normalized spacial score (nSPS) is 15.3. The number of hydrogen-bond acceptors (Lipinski definition) is 5. The topological polar surface area (TPSA) is 79.2 Å². The first-order valence-corrected chi connectivity index (χ1v) is 8.13. The molecule has 1 aliphatic rings. The van der Waals surface area contributed by atoms with E-state index in [0.717, 1.165) is 37.4 Å². The second-order valence-electron chi connectivity index (χ2n) is 6.03. The van der Waals surface area contributed by atoms with Gasteiger partial charge in [-0.05, 0) is 31.9 Å². The lowest BCUT2D eigenvalue weighted by atomic mass is 10.2. The SMILES string of the molecule is Cc1cnccc1N1CCCN(C(=O)Nc2nc(C)n(C)n2)CC1. The second-order valence-corrected chi connectivity index (χ2v) is 6.03. The Morgan fingerprint density at radius 1 is 1.21 bits per heavy atom. The van der Waals surface area contributed by atoms with E-state index < -0.39 is 0 Å². The van der Waals surface area contributed by atoms with E-state index in [-0.39, 0.29) is 6.03 Å². The number of hydrogen-bond donors (Lipinski definition) is 1. The van der Waals surface area contributed by atoms with E-state index in [4.69, 9.17) is 0 Å². The van der Waals surface area contributed by atoms with E-state index in [0.29, 0.717) is 12.5 Å². The van der Waals surface area contributed by atoms with Crippen LogP contribution in [0.3, 0.4) is 0 Å². The maximum atomic E-state index is 12.4. The van der Waals surface area contributed by atoms with Crippen LogP contribution in [0.2, 0.25) is 0 Å². The number of pyridine rings is 1. The molecule has 1 saturated heterocycles. The second kappa shape index (κ2) is 6.86. The van der Waals surface area contributed by atoms with Gasteiger partial charge in [-0.3, -0.25) is 15.0 Å². The van der Waals surface area contributed by atoms with Crippen LogP contribution < -0.4 is 10.2 Å². The number of nitrogens with zero attached hydrogens (tertiary/aromatic N) is 6. The minimum absolute atomic E-state index is 0.145. The van der Waals surface area contributed by atoms with Crippen LogP contribution in [0.5, 0.6) is 0 Å². The molecule has 2 aromatic rings. The van der Waals surface area contributed by atoms with Crippen LogP contribution in [0.25, 0.3) is 0 Å². The van der Waals surface area contributed by atoms with Gasteiger partial charge >= 0.3 is 6.03 Å². The Bertz CT molecular complexity index is 707. The molecule has 3 heterocycles. The Labute approximate surface area is 141 Å². The predicted molar refractivity (Wildman–Crippen MR) is 92.1 cm³/mol. The van der Waals surface area contributed by atoms with Crippen LogP contribution in [0.1, 0.15) is 17.8 Å². The van der Waals surface area contributed by atoms with Gasteiger partial charge in [-0.25, -0.2) is 4.79 Å². The van der Waals surface area contributed by atoms with Crippen molar-refractivity contribution in [2.24, 2.45) is 7.05 Å². The molecule has 1 N–H and O–H groups in total. The standard InChI is InChI=1S/C16H23N7O/c1-12-11-17-6-5-14(12)22-7-4-8-23(10-9-22)16(24)19-15-18-13(2)21(3)20-15/h5-6,11H,4,7-10H2,1-3H3,(H,19,20,24). The molecule has 1 aliphatic heterocycles. The summed E-state index contributed by atoms with van der Waals surface area (Å²) in [6, 6.07) is 1.89. The summed E-state index contributed by atoms with van der Waals surface area (Å²) >= 11 is 0. The lowest BCUT2D eigenvalue weighted by Crippen LogP contribution is -2.38. The molecule has 128 valence electrons. The van der Waals surface area contributed by atoms with Crippen molar-refractivity contribution in [3.05, 3.63) is 29.8 Å². The van der Waals surface area contributed by atoms with Crippen molar-refractivity contribution in [1.82, 2.24) is 24.6 Å². The number of rotatable bonds is 2. The van der Waals surface area contributed by atoms with Gasteiger partial charge in [0.2, 0.25) is 5.95 Å². The van der Waals surface area contributed by atoms with Crippen LogP contribution in [0.15, 0.2) is 18.5 Å². The first-order valence-electron chi connectivity index (χ1n) is 8.13. The van der Waals surface area contributed by atoms with Gasteiger partial charge in [0.15, 0.2) is 0 Å². The summed E-state index contributed by atoms with van der Waals surface area (Å²) in [5, 5.41) is 6.95. The first-order chi connectivity index (χ1) is 11.5. The van der Waals surface area contributed by atoms with Crippen molar-refractivity contribution in [3.8, 4) is 0 Å². The molecule has 1 fully saturated rings. The number of nitrogens with one attached hydrogen (secondary N) is 1. The Morgan fingerprint density at radius 3 is 2.75 bits per heavy atom. The van der Waals surface area contributed by atoms with Crippen molar-refractivity contribution >= 4 is 17.7 Å². The number of urea groups is 1. The summed E-state index contributed by atoms with van der Waals surface area (Å²) in [5.41, 5.74) is 2.35. The number of aromatic nitrogens is 4. The molecule has 0 radical (unpaired) electrons.